The van der Waals surface area contributed by atoms with Crippen molar-refractivity contribution in [1.29, 1.82) is 0 Å². The number of amides is 1. The van der Waals surface area contributed by atoms with Crippen LogP contribution < -0.4 is 5.32 Å². The number of nitrogens with zero attached hydrogens (tertiary/aromatic N) is 3. The summed E-state index contributed by atoms with van der Waals surface area (Å²) in [5.41, 5.74) is 4.84. The molecule has 1 aromatic heterocycles. The van der Waals surface area contributed by atoms with Gasteiger partial charge in [0.05, 0.1) is 36.2 Å². The molecule has 1 amide bonds. The van der Waals surface area contributed by atoms with Crippen molar-refractivity contribution in [3.8, 4) is 18.0 Å². The number of aliphatic imine (C=N–C) groups is 1. The Bertz CT molecular complexity index is 1140. The summed E-state index contributed by atoms with van der Waals surface area (Å²) in [5, 5.41) is 2.95. The van der Waals surface area contributed by atoms with Gasteiger partial charge in [-0.1, -0.05) is 43.2 Å². The second-order valence-corrected chi connectivity index (χ2v) is 7.21. The maximum absolute atomic E-state index is 13.1. The van der Waals surface area contributed by atoms with E-state index in [1.807, 2.05) is 60.0 Å². The molecule has 0 radical (unpaired) electrons. The van der Waals surface area contributed by atoms with E-state index in [4.69, 9.17) is 16.2 Å². The second-order valence-electron chi connectivity index (χ2n) is 7.21. The first kappa shape index (κ1) is 20.6. The van der Waals surface area contributed by atoms with Crippen LogP contribution >= 0.6 is 0 Å². The average molecular weight is 412 g/mol. The SMILES string of the molecule is C#Cc1ccc2c(c1)C(c1ccccc1)=NC(C(=O)NCCOCCC)c1cncn1-2. The highest BCUT2D eigenvalue weighted by molar-refractivity contribution is 6.16. The first-order valence-electron chi connectivity index (χ1n) is 10.3. The first-order valence-corrected chi connectivity index (χ1v) is 10.3. The van der Waals surface area contributed by atoms with Crippen LogP contribution in [0.5, 0.6) is 0 Å². The summed E-state index contributed by atoms with van der Waals surface area (Å²) in [4.78, 5) is 22.4. The third-order valence-corrected chi connectivity index (χ3v) is 5.07. The van der Waals surface area contributed by atoms with Gasteiger partial charge >= 0.3 is 0 Å². The summed E-state index contributed by atoms with van der Waals surface area (Å²) >= 11 is 0. The number of ether oxygens (including phenoxy) is 1. The van der Waals surface area contributed by atoms with E-state index >= 15 is 0 Å². The van der Waals surface area contributed by atoms with Crippen molar-refractivity contribution in [2.75, 3.05) is 19.8 Å². The fraction of sp³-hybridized carbons (Fsp3) is 0.240. The maximum Gasteiger partial charge on any atom is 0.251 e. The minimum atomic E-state index is -0.745. The summed E-state index contributed by atoms with van der Waals surface area (Å²) in [6.07, 6.45) is 10.00. The Hall–Kier alpha value is -3.69. The maximum atomic E-state index is 13.1. The van der Waals surface area contributed by atoms with Crippen LogP contribution in [0.4, 0.5) is 0 Å². The third kappa shape index (κ3) is 4.27. The molecule has 6 heteroatoms. The van der Waals surface area contributed by atoms with Gasteiger partial charge in [0.1, 0.15) is 0 Å². The van der Waals surface area contributed by atoms with E-state index in [-0.39, 0.29) is 5.91 Å². The lowest BCUT2D eigenvalue weighted by Gasteiger charge is -2.14. The van der Waals surface area contributed by atoms with E-state index in [0.717, 1.165) is 34.5 Å². The van der Waals surface area contributed by atoms with Gasteiger partial charge in [0.2, 0.25) is 0 Å². The summed E-state index contributed by atoms with van der Waals surface area (Å²) in [6.45, 7) is 3.62. The van der Waals surface area contributed by atoms with Crippen LogP contribution in [0.25, 0.3) is 5.69 Å². The molecule has 2 aromatic carbocycles. The zero-order valence-electron chi connectivity index (χ0n) is 17.4. The fourth-order valence-corrected chi connectivity index (χ4v) is 3.61. The van der Waals surface area contributed by atoms with Crippen LogP contribution in [0.3, 0.4) is 0 Å². The lowest BCUT2D eigenvalue weighted by molar-refractivity contribution is -0.122. The number of hydrogen-bond acceptors (Lipinski definition) is 4. The Labute approximate surface area is 182 Å². The summed E-state index contributed by atoms with van der Waals surface area (Å²) in [7, 11) is 0. The van der Waals surface area contributed by atoms with Gasteiger partial charge in [0.15, 0.2) is 6.04 Å². The number of hydrogen-bond donors (Lipinski definition) is 1. The summed E-state index contributed by atoms with van der Waals surface area (Å²) in [5.74, 6) is 2.50. The van der Waals surface area contributed by atoms with Gasteiger partial charge in [-0.3, -0.25) is 14.4 Å². The van der Waals surface area contributed by atoms with Crippen LogP contribution in [0.15, 0.2) is 66.0 Å². The molecular weight excluding hydrogens is 388 g/mol. The molecule has 1 atom stereocenters. The number of carbonyl (C=O) groups is 1. The molecule has 1 aliphatic heterocycles. The Morgan fingerprint density at radius 1 is 1.23 bits per heavy atom. The van der Waals surface area contributed by atoms with Crippen LogP contribution in [0.2, 0.25) is 0 Å². The highest BCUT2D eigenvalue weighted by Crippen LogP contribution is 2.31. The molecule has 156 valence electrons. The third-order valence-electron chi connectivity index (χ3n) is 5.07. The van der Waals surface area contributed by atoms with Crippen LogP contribution in [0, 0.1) is 12.3 Å². The zero-order valence-corrected chi connectivity index (χ0v) is 17.4. The number of rotatable bonds is 7. The van der Waals surface area contributed by atoms with E-state index < -0.39 is 6.04 Å². The highest BCUT2D eigenvalue weighted by Gasteiger charge is 2.29. The fourth-order valence-electron chi connectivity index (χ4n) is 3.61. The average Bonchev–Trinajstić information content (AvgIpc) is 3.24. The van der Waals surface area contributed by atoms with Crippen LogP contribution in [-0.4, -0.2) is 40.9 Å². The van der Waals surface area contributed by atoms with Crippen LogP contribution in [0.1, 0.15) is 41.8 Å². The predicted octanol–water partition coefficient (Wildman–Crippen LogP) is 3.29. The van der Waals surface area contributed by atoms with E-state index in [0.29, 0.717) is 25.5 Å². The molecule has 1 aliphatic rings. The van der Waals surface area contributed by atoms with Crippen molar-refractivity contribution in [3.05, 3.63) is 83.4 Å². The van der Waals surface area contributed by atoms with Crippen molar-refractivity contribution in [2.45, 2.75) is 19.4 Å². The number of fused-ring (bicyclic) bond motifs is 3. The van der Waals surface area contributed by atoms with E-state index in [1.165, 1.54) is 0 Å². The van der Waals surface area contributed by atoms with Crippen molar-refractivity contribution >= 4 is 11.6 Å². The first-order chi connectivity index (χ1) is 15.2. The smallest absolute Gasteiger partial charge is 0.251 e. The largest absolute Gasteiger partial charge is 0.380 e. The van der Waals surface area contributed by atoms with Gasteiger partial charge in [-0.2, -0.15) is 0 Å². The Balaban J connectivity index is 1.78. The van der Waals surface area contributed by atoms with Gasteiger partial charge in [-0.15, -0.1) is 6.42 Å². The Morgan fingerprint density at radius 3 is 2.84 bits per heavy atom. The normalized spacial score (nSPS) is 14.6. The second kappa shape index (κ2) is 9.41. The van der Waals surface area contributed by atoms with Crippen molar-refractivity contribution in [3.63, 3.8) is 0 Å². The molecule has 2 heterocycles. The van der Waals surface area contributed by atoms with E-state index in [9.17, 15) is 4.79 Å². The molecule has 4 rings (SSSR count). The van der Waals surface area contributed by atoms with Crippen LogP contribution in [-0.2, 0) is 9.53 Å². The quantitative estimate of drug-likeness (QED) is 0.478. The van der Waals surface area contributed by atoms with E-state index in [2.05, 4.69) is 16.2 Å². The highest BCUT2D eigenvalue weighted by atomic mass is 16.5. The molecule has 0 saturated carbocycles. The molecule has 1 N–H and O–H groups in total. The topological polar surface area (TPSA) is 68.5 Å². The van der Waals surface area contributed by atoms with Gasteiger partial charge in [0, 0.05) is 29.8 Å². The van der Waals surface area contributed by atoms with Gasteiger partial charge in [0.25, 0.3) is 5.91 Å². The number of terminal acetylenes is 1. The molecule has 3 aromatic rings. The Kier molecular flexibility index (Phi) is 6.25. The molecule has 1 unspecified atom stereocenters. The van der Waals surface area contributed by atoms with Crippen molar-refractivity contribution < 1.29 is 9.53 Å². The number of imidazole rings is 1. The molecule has 0 spiro atoms. The molecule has 0 bridgehead atoms. The number of carbonyl (C=O) groups excluding carboxylic acids is 1. The van der Waals surface area contributed by atoms with Gasteiger partial charge in [-0.05, 0) is 24.6 Å². The number of nitrogens with one attached hydrogen (secondary N) is 1. The van der Waals surface area contributed by atoms with Crippen molar-refractivity contribution in [1.82, 2.24) is 14.9 Å². The monoisotopic (exact) mass is 412 g/mol. The lowest BCUT2D eigenvalue weighted by Crippen LogP contribution is -2.32. The number of aromatic nitrogens is 2. The molecule has 0 fully saturated rings. The van der Waals surface area contributed by atoms with Gasteiger partial charge in [-0.25, -0.2) is 4.98 Å². The Morgan fingerprint density at radius 2 is 2.06 bits per heavy atom. The minimum Gasteiger partial charge on any atom is -0.380 e. The van der Waals surface area contributed by atoms with Gasteiger partial charge < -0.3 is 10.1 Å². The van der Waals surface area contributed by atoms with Crippen molar-refractivity contribution in [2.24, 2.45) is 4.99 Å². The molecule has 6 nitrogen and oxygen atoms in total. The molecule has 0 saturated heterocycles. The predicted molar refractivity (Wildman–Crippen MR) is 120 cm³/mol. The standard InChI is InChI=1S/C25H24N4O2/c1-3-13-31-14-12-27-25(30)24-22-16-26-17-29(22)21-11-10-18(4-2)15-20(21)23(28-24)19-8-6-5-7-9-19/h2,5-11,15-17,24H,3,12-14H2,1H3,(H,27,30). The number of benzene rings is 2. The molecular formula is C25H24N4O2. The van der Waals surface area contributed by atoms with E-state index in [1.54, 1.807) is 12.5 Å². The molecule has 0 aliphatic carbocycles. The molecule has 31 heavy (non-hydrogen) atoms. The minimum absolute atomic E-state index is 0.194. The summed E-state index contributed by atoms with van der Waals surface area (Å²) < 4.78 is 7.39. The zero-order chi connectivity index (χ0) is 21.6. The lowest BCUT2D eigenvalue weighted by atomic mass is 9.98. The summed E-state index contributed by atoms with van der Waals surface area (Å²) in [6, 6.07) is 14.9.